The minimum atomic E-state index is 0. The molecule has 0 fully saturated rings. The maximum Gasteiger partial charge on any atom is -1.00 e. The number of rotatable bonds is 0. The summed E-state index contributed by atoms with van der Waals surface area (Å²) in [5.74, 6) is 0. The third-order valence-electron chi connectivity index (χ3n) is 2.26. The molecule has 0 aromatic heterocycles. The number of nitrogens with zero attached hydrogens (tertiary/aromatic N) is 1. The van der Waals surface area contributed by atoms with Gasteiger partial charge in [-0.25, -0.2) is 0 Å². The molecule has 6 heteroatoms. The van der Waals surface area contributed by atoms with E-state index in [0.717, 1.165) is 0 Å². The van der Waals surface area contributed by atoms with Crippen LogP contribution in [0.15, 0.2) is 32.3 Å². The molecule has 15 heavy (non-hydrogen) atoms. The molecule has 0 bridgehead atoms. The molecule has 1 heterocycles. The zero-order valence-corrected chi connectivity index (χ0v) is 14.5. The first-order valence-electron chi connectivity index (χ1n) is 3.84. The van der Waals surface area contributed by atoms with E-state index in [1.165, 1.54) is 44.8 Å². The molecule has 1 nitrogen and oxygen atoms in total. The summed E-state index contributed by atoms with van der Waals surface area (Å²) >= 11 is 5.17. The molecule has 82 valence electrons. The summed E-state index contributed by atoms with van der Waals surface area (Å²) in [7, 11) is 2.13. The van der Waals surface area contributed by atoms with Crippen molar-refractivity contribution in [2.45, 2.75) is 11.9 Å². The van der Waals surface area contributed by atoms with Gasteiger partial charge in [-0.1, -0.05) is 0 Å². The zero-order chi connectivity index (χ0) is 8.88. The smallest absolute Gasteiger partial charge is 1.00 e. The molecule has 0 aromatic rings. The van der Waals surface area contributed by atoms with Crippen molar-refractivity contribution < 1.29 is 61.9 Å². The van der Waals surface area contributed by atoms with Gasteiger partial charge in [0.25, 0.3) is 0 Å². The fourth-order valence-corrected chi connectivity index (χ4v) is 3.02. The van der Waals surface area contributed by atoms with Crippen molar-refractivity contribution in [3.63, 3.8) is 0 Å². The second-order valence-electron chi connectivity index (χ2n) is 3.19. The van der Waals surface area contributed by atoms with Crippen molar-refractivity contribution in [3.05, 3.63) is 32.3 Å². The van der Waals surface area contributed by atoms with Crippen LogP contribution in [0.25, 0.3) is 0 Å². The van der Waals surface area contributed by atoms with Crippen LogP contribution < -0.4 is 37.2 Å². The predicted molar refractivity (Wildman–Crippen MR) is 49.3 cm³/mol. The van der Waals surface area contributed by atoms with Crippen molar-refractivity contribution in [1.82, 2.24) is 4.90 Å². The van der Waals surface area contributed by atoms with E-state index in [4.69, 9.17) is 0 Å². The number of allylic oxidation sites excluding steroid dienone is 3. The van der Waals surface area contributed by atoms with Crippen molar-refractivity contribution in [2.75, 3.05) is 7.05 Å². The summed E-state index contributed by atoms with van der Waals surface area (Å²) in [5.41, 5.74) is 4.18. The molecular formula is C9H9BrCl3NZr. The fourth-order valence-electron chi connectivity index (χ4n) is 1.59. The van der Waals surface area contributed by atoms with Crippen molar-refractivity contribution in [3.8, 4) is 0 Å². The van der Waals surface area contributed by atoms with Crippen LogP contribution in [0.5, 0.6) is 0 Å². The van der Waals surface area contributed by atoms with E-state index in [-0.39, 0.29) is 37.2 Å². The first kappa shape index (κ1) is 18.6. The Morgan fingerprint density at radius 1 is 1.27 bits per heavy atom. The molecule has 2 rings (SSSR count). The van der Waals surface area contributed by atoms with Gasteiger partial charge < -0.3 is 37.2 Å². The van der Waals surface area contributed by atoms with E-state index < -0.39 is 0 Å². The number of hydrogen-bond acceptors (Lipinski definition) is 1. The van der Waals surface area contributed by atoms with Gasteiger partial charge in [-0.05, 0) is 0 Å². The van der Waals surface area contributed by atoms with Crippen LogP contribution in [0.4, 0.5) is 0 Å². The van der Waals surface area contributed by atoms with Crippen molar-refractivity contribution >= 4 is 15.9 Å². The third-order valence-corrected chi connectivity index (χ3v) is 5.71. The summed E-state index contributed by atoms with van der Waals surface area (Å²) in [4.78, 5) is 2.72. The Kier molecular flexibility index (Phi) is 8.51. The van der Waals surface area contributed by atoms with Gasteiger partial charge in [0.1, 0.15) is 0 Å². The number of halogens is 4. The van der Waals surface area contributed by atoms with Crippen molar-refractivity contribution in [1.29, 1.82) is 0 Å². The normalized spacial score (nSPS) is 22.2. The van der Waals surface area contributed by atoms with Gasteiger partial charge in [0.15, 0.2) is 0 Å². The molecule has 1 atom stereocenters. The van der Waals surface area contributed by atoms with E-state index >= 15 is 0 Å². The Labute approximate surface area is 133 Å². The van der Waals surface area contributed by atoms with Crippen LogP contribution in [0.3, 0.4) is 0 Å². The number of alkyl halides is 1. The van der Waals surface area contributed by atoms with Crippen LogP contribution in [0.1, 0.15) is 6.92 Å². The fraction of sp³-hybridized carbons (Fsp3) is 0.333. The molecule has 1 aliphatic heterocycles. The summed E-state index contributed by atoms with van der Waals surface area (Å²) in [5, 5.41) is 0. The predicted octanol–water partition coefficient (Wildman–Crippen LogP) is -6.69. The Hall–Kier alpha value is 1.25. The first-order chi connectivity index (χ1) is 5.61. The van der Waals surface area contributed by atoms with E-state index in [1.807, 2.05) is 0 Å². The third kappa shape index (κ3) is 3.13. The molecule has 0 N–H and O–H groups in total. The van der Waals surface area contributed by atoms with Crippen LogP contribution in [-0.4, -0.2) is 16.9 Å². The average molecular weight is 409 g/mol. The summed E-state index contributed by atoms with van der Waals surface area (Å²) in [6.45, 7) is 2.15. The number of likely N-dealkylation sites (N-methyl/N-ethyl adjacent to an activating group) is 1. The Morgan fingerprint density at radius 2 is 1.80 bits per heavy atom. The van der Waals surface area contributed by atoms with Crippen LogP contribution in [0.2, 0.25) is 0 Å². The van der Waals surface area contributed by atoms with Gasteiger partial charge in [0.05, 0.1) is 0 Å². The SMILES string of the molecule is CC1=CC2=[C]([Zr+3])C(Br)N(C)C2=C1.[Cl-].[Cl-].[Cl-]. The van der Waals surface area contributed by atoms with Gasteiger partial charge in [-0.15, -0.1) is 0 Å². The van der Waals surface area contributed by atoms with Crippen molar-refractivity contribution in [2.24, 2.45) is 0 Å². The Bertz CT molecular complexity index is 338. The second kappa shape index (κ2) is 6.86. The zero-order valence-electron chi connectivity index (χ0n) is 8.19. The molecule has 0 radical (unpaired) electrons. The molecular weight excluding hydrogens is 400 g/mol. The maximum absolute atomic E-state index is 3.66. The number of hydrogen-bond donors (Lipinski definition) is 0. The van der Waals surface area contributed by atoms with Gasteiger partial charge in [-0.2, -0.15) is 0 Å². The average Bonchev–Trinajstić information content (AvgIpc) is 2.49. The molecule has 1 unspecified atom stereocenters. The quantitative estimate of drug-likeness (QED) is 0.285. The summed E-state index contributed by atoms with van der Waals surface area (Å²) in [6.07, 6.45) is 4.53. The standard InChI is InChI=1S/C9H9BrN.3ClH.Zr/c1-6-3-7-5-9(10)11(2)8(7)4-6;;;;/h3-4,9H,1-2H3;3*1H;/q;;;;+3/p-3. The minimum absolute atomic E-state index is 0. The second-order valence-corrected chi connectivity index (χ2v) is 5.38. The molecule has 0 saturated carbocycles. The largest absolute Gasteiger partial charge is 1.00 e. The Morgan fingerprint density at radius 3 is 2.27 bits per heavy atom. The van der Waals surface area contributed by atoms with E-state index in [9.17, 15) is 0 Å². The van der Waals surface area contributed by atoms with Gasteiger partial charge in [0.2, 0.25) is 0 Å². The van der Waals surface area contributed by atoms with E-state index in [0.29, 0.717) is 4.95 Å². The minimum Gasteiger partial charge on any atom is -1.00 e. The molecule has 2 aliphatic rings. The van der Waals surface area contributed by atoms with Crippen LogP contribution in [-0.2, 0) is 24.7 Å². The molecule has 0 aromatic carbocycles. The maximum atomic E-state index is 3.66. The van der Waals surface area contributed by atoms with E-state index in [1.54, 1.807) is 0 Å². The van der Waals surface area contributed by atoms with Gasteiger partial charge in [0, 0.05) is 0 Å². The molecule has 0 spiro atoms. The summed E-state index contributed by atoms with van der Waals surface area (Å²) in [6, 6.07) is 0. The van der Waals surface area contributed by atoms with Crippen LogP contribution >= 0.6 is 15.9 Å². The monoisotopic (exact) mass is 405 g/mol. The molecule has 0 saturated heterocycles. The Balaban J connectivity index is 0. The van der Waals surface area contributed by atoms with Gasteiger partial charge >= 0.3 is 96.7 Å². The first-order valence-corrected chi connectivity index (χ1v) is 5.99. The van der Waals surface area contributed by atoms with Gasteiger partial charge in [-0.3, -0.25) is 0 Å². The van der Waals surface area contributed by atoms with E-state index in [2.05, 4.69) is 47.0 Å². The topological polar surface area (TPSA) is 3.24 Å². The number of fused-ring (bicyclic) bond motifs is 1. The summed E-state index contributed by atoms with van der Waals surface area (Å²) < 4.78 is 1.51. The molecule has 1 aliphatic carbocycles. The molecule has 0 amide bonds. The van der Waals surface area contributed by atoms with Crippen LogP contribution in [0, 0.1) is 0 Å².